The van der Waals surface area contributed by atoms with E-state index in [1.807, 2.05) is 18.2 Å². The molecule has 0 bridgehead atoms. The zero-order chi connectivity index (χ0) is 22.4. The Morgan fingerprint density at radius 3 is 2.58 bits per heavy atom. The molecule has 11 heteroatoms. The molecule has 1 N–H and O–H groups in total. The van der Waals surface area contributed by atoms with Crippen LogP contribution in [0.15, 0.2) is 63.6 Å². The summed E-state index contributed by atoms with van der Waals surface area (Å²) in [5.41, 5.74) is -0.262. The molecule has 2 aromatic heterocycles. The topological polar surface area (TPSA) is 111 Å². The number of amides is 1. The third kappa shape index (κ3) is 5.78. The average Bonchev–Trinajstić information content (AvgIpc) is 3.24. The number of ether oxygens (including phenoxy) is 1. The van der Waals surface area contributed by atoms with Crippen molar-refractivity contribution in [2.45, 2.75) is 17.3 Å². The summed E-state index contributed by atoms with van der Waals surface area (Å²) < 4.78 is 32.4. The van der Waals surface area contributed by atoms with Gasteiger partial charge in [-0.15, -0.1) is 11.3 Å². The zero-order valence-electron chi connectivity index (χ0n) is 17.0. The molecule has 1 aromatic carbocycles. The van der Waals surface area contributed by atoms with Crippen LogP contribution < -0.4 is 15.6 Å². The molecule has 0 saturated heterocycles. The van der Waals surface area contributed by atoms with Crippen molar-refractivity contribution in [3.8, 4) is 5.75 Å². The van der Waals surface area contributed by atoms with Gasteiger partial charge in [-0.1, -0.05) is 18.2 Å². The molecule has 3 aromatic rings. The third-order valence-electron chi connectivity index (χ3n) is 4.21. The van der Waals surface area contributed by atoms with Crippen molar-refractivity contribution >= 4 is 27.3 Å². The first-order valence-electron chi connectivity index (χ1n) is 9.33. The number of carbonyl (C=O) groups excluding carboxylic acids is 1. The van der Waals surface area contributed by atoms with Gasteiger partial charge in [0, 0.05) is 25.0 Å². The molecule has 2 heterocycles. The fourth-order valence-electron chi connectivity index (χ4n) is 2.53. The maximum absolute atomic E-state index is 12.4. The van der Waals surface area contributed by atoms with E-state index < -0.39 is 15.9 Å². The van der Waals surface area contributed by atoms with Crippen LogP contribution in [0.3, 0.4) is 0 Å². The number of para-hydroxylation sites is 1. The number of rotatable bonds is 9. The lowest BCUT2D eigenvalue weighted by molar-refractivity contribution is 0.0943. The largest absolute Gasteiger partial charge is 0.492 e. The molecule has 0 radical (unpaired) electrons. The van der Waals surface area contributed by atoms with Crippen LogP contribution in [0.1, 0.15) is 15.4 Å². The highest BCUT2D eigenvalue weighted by atomic mass is 32.2. The van der Waals surface area contributed by atoms with E-state index in [-0.39, 0.29) is 35.2 Å². The summed E-state index contributed by atoms with van der Waals surface area (Å²) in [6.07, 6.45) is 0. The Kier molecular flexibility index (Phi) is 7.21. The molecule has 0 fully saturated rings. The van der Waals surface area contributed by atoms with Gasteiger partial charge in [0.2, 0.25) is 0 Å². The van der Waals surface area contributed by atoms with Gasteiger partial charge in [-0.05, 0) is 30.3 Å². The summed E-state index contributed by atoms with van der Waals surface area (Å²) in [4.78, 5) is 25.1. The van der Waals surface area contributed by atoms with Crippen molar-refractivity contribution in [2.75, 3.05) is 20.7 Å². The second kappa shape index (κ2) is 9.86. The van der Waals surface area contributed by atoms with Crippen molar-refractivity contribution in [1.82, 2.24) is 19.4 Å². The van der Waals surface area contributed by atoms with Crippen molar-refractivity contribution in [2.24, 2.45) is 0 Å². The highest BCUT2D eigenvalue weighted by Crippen LogP contribution is 2.23. The second-order valence-electron chi connectivity index (χ2n) is 6.63. The maximum atomic E-state index is 12.4. The maximum Gasteiger partial charge on any atom is 0.272 e. The molecular formula is C20H22N4O5S2. The predicted molar refractivity (Wildman–Crippen MR) is 117 cm³/mol. The van der Waals surface area contributed by atoms with Crippen LogP contribution >= 0.6 is 11.3 Å². The van der Waals surface area contributed by atoms with E-state index in [1.54, 1.807) is 18.2 Å². The quantitative estimate of drug-likeness (QED) is 0.517. The van der Waals surface area contributed by atoms with Crippen LogP contribution in [-0.2, 0) is 23.1 Å². The monoisotopic (exact) mass is 462 g/mol. The zero-order valence-corrected chi connectivity index (χ0v) is 18.6. The summed E-state index contributed by atoms with van der Waals surface area (Å²) >= 11 is 1.08. The Morgan fingerprint density at radius 2 is 1.87 bits per heavy atom. The number of sulfonamides is 1. The van der Waals surface area contributed by atoms with E-state index in [4.69, 9.17) is 4.74 Å². The van der Waals surface area contributed by atoms with Crippen LogP contribution in [0, 0.1) is 0 Å². The minimum Gasteiger partial charge on any atom is -0.492 e. The van der Waals surface area contributed by atoms with Gasteiger partial charge < -0.3 is 10.1 Å². The number of carbonyl (C=O) groups is 1. The Bertz CT molecular complexity index is 1200. The number of benzene rings is 1. The van der Waals surface area contributed by atoms with E-state index in [9.17, 15) is 18.0 Å². The lowest BCUT2D eigenvalue weighted by atomic mass is 10.3. The molecule has 1 amide bonds. The number of hydrogen-bond donors (Lipinski definition) is 1. The number of thiophene rings is 1. The lowest BCUT2D eigenvalue weighted by Crippen LogP contribution is -2.30. The molecule has 0 spiro atoms. The molecule has 0 aliphatic carbocycles. The summed E-state index contributed by atoms with van der Waals surface area (Å²) in [6, 6.07) is 15.0. The average molecular weight is 463 g/mol. The van der Waals surface area contributed by atoms with Gasteiger partial charge >= 0.3 is 0 Å². The Morgan fingerprint density at radius 1 is 1.13 bits per heavy atom. The first kappa shape index (κ1) is 22.7. The van der Waals surface area contributed by atoms with Crippen LogP contribution in [0.4, 0.5) is 0 Å². The highest BCUT2D eigenvalue weighted by molar-refractivity contribution is 7.91. The van der Waals surface area contributed by atoms with Gasteiger partial charge in [0.15, 0.2) is 0 Å². The Labute approximate surface area is 184 Å². The fraction of sp³-hybridized carbons (Fsp3) is 0.250. The molecule has 0 aliphatic heterocycles. The molecule has 0 atom stereocenters. The van der Waals surface area contributed by atoms with E-state index in [2.05, 4.69) is 10.4 Å². The number of nitrogens with one attached hydrogen (secondary N) is 1. The van der Waals surface area contributed by atoms with Gasteiger partial charge in [-0.3, -0.25) is 9.59 Å². The molecule has 0 saturated carbocycles. The van der Waals surface area contributed by atoms with E-state index in [0.717, 1.165) is 15.6 Å². The Hall–Kier alpha value is -3.02. The van der Waals surface area contributed by atoms with Gasteiger partial charge in [0.05, 0.1) is 13.1 Å². The SMILES string of the molecule is CN(C)S(=O)(=O)c1ccc(CNC(=O)c2ccc(=O)n(CCOc3ccccc3)n2)s1. The van der Waals surface area contributed by atoms with E-state index in [0.29, 0.717) is 10.6 Å². The molecule has 3 rings (SSSR count). The standard InChI is InChI=1S/C20H22N4O5S2/c1-23(2)31(27,28)19-11-8-16(30-19)14-21-20(26)17-9-10-18(25)24(22-17)12-13-29-15-6-4-3-5-7-15/h3-11H,12-14H2,1-2H3,(H,21,26). The molecule has 0 aliphatic rings. The summed E-state index contributed by atoms with van der Waals surface area (Å²) in [5, 5.41) is 6.79. The van der Waals surface area contributed by atoms with E-state index >= 15 is 0 Å². The van der Waals surface area contributed by atoms with Crippen molar-refractivity contribution in [3.63, 3.8) is 0 Å². The minimum atomic E-state index is -3.51. The van der Waals surface area contributed by atoms with Crippen molar-refractivity contribution in [3.05, 3.63) is 75.5 Å². The van der Waals surface area contributed by atoms with Crippen LogP contribution in [0.5, 0.6) is 5.75 Å². The van der Waals surface area contributed by atoms with Gasteiger partial charge in [-0.25, -0.2) is 17.4 Å². The van der Waals surface area contributed by atoms with Gasteiger partial charge in [0.25, 0.3) is 21.5 Å². The van der Waals surface area contributed by atoms with Crippen LogP contribution in [0.2, 0.25) is 0 Å². The van der Waals surface area contributed by atoms with Gasteiger partial charge in [-0.2, -0.15) is 5.10 Å². The fourth-order valence-corrected chi connectivity index (χ4v) is 4.99. The lowest BCUT2D eigenvalue weighted by Gasteiger charge is -2.09. The highest BCUT2D eigenvalue weighted by Gasteiger charge is 2.19. The third-order valence-corrected chi connectivity index (χ3v) is 7.58. The first-order valence-corrected chi connectivity index (χ1v) is 11.6. The molecular weight excluding hydrogens is 440 g/mol. The van der Waals surface area contributed by atoms with E-state index in [1.165, 1.54) is 37.0 Å². The van der Waals surface area contributed by atoms with Crippen molar-refractivity contribution < 1.29 is 17.9 Å². The number of aromatic nitrogens is 2. The van der Waals surface area contributed by atoms with Gasteiger partial charge in [0.1, 0.15) is 22.3 Å². The molecule has 9 nitrogen and oxygen atoms in total. The van der Waals surface area contributed by atoms with Crippen LogP contribution in [-0.4, -0.2) is 49.1 Å². The number of nitrogens with zero attached hydrogens (tertiary/aromatic N) is 3. The molecule has 31 heavy (non-hydrogen) atoms. The van der Waals surface area contributed by atoms with Crippen LogP contribution in [0.25, 0.3) is 0 Å². The second-order valence-corrected chi connectivity index (χ2v) is 10.2. The first-order chi connectivity index (χ1) is 14.8. The number of hydrogen-bond acceptors (Lipinski definition) is 7. The molecule has 164 valence electrons. The summed E-state index contributed by atoms with van der Waals surface area (Å²) in [5.74, 6) is 0.208. The van der Waals surface area contributed by atoms with Crippen molar-refractivity contribution in [1.29, 1.82) is 0 Å². The summed E-state index contributed by atoms with van der Waals surface area (Å²) in [6.45, 7) is 0.552. The molecule has 0 unspecified atom stereocenters. The minimum absolute atomic E-state index is 0.0806. The summed E-state index contributed by atoms with van der Waals surface area (Å²) in [7, 11) is -0.589. The smallest absolute Gasteiger partial charge is 0.272 e. The normalized spacial score (nSPS) is 11.5. The predicted octanol–water partition coefficient (Wildman–Crippen LogP) is 1.56. The Balaban J connectivity index is 1.60.